The maximum Gasteiger partial charge on any atom is 0.260 e. The van der Waals surface area contributed by atoms with Crippen LogP contribution < -0.4 is 10.1 Å². The molecule has 21 heavy (non-hydrogen) atoms. The van der Waals surface area contributed by atoms with Crippen molar-refractivity contribution in [1.29, 1.82) is 5.26 Å². The lowest BCUT2D eigenvalue weighted by Gasteiger charge is -2.18. The van der Waals surface area contributed by atoms with Gasteiger partial charge < -0.3 is 15.2 Å². The van der Waals surface area contributed by atoms with Gasteiger partial charge in [0, 0.05) is 12.5 Å². The Bertz CT molecular complexity index is 521. The normalized spacial score (nSPS) is 22.3. The summed E-state index contributed by atoms with van der Waals surface area (Å²) < 4.78 is 5.53. The van der Waals surface area contributed by atoms with Crippen LogP contribution in [0.15, 0.2) is 24.3 Å². The topological polar surface area (TPSA) is 82.3 Å². The molecule has 3 atom stereocenters. The zero-order chi connectivity index (χ0) is 15.2. The number of carbonyl (C=O) groups is 1. The van der Waals surface area contributed by atoms with Crippen molar-refractivity contribution in [2.75, 3.05) is 6.54 Å². The molecule has 1 aromatic rings. The number of hydrogen-bond acceptors (Lipinski definition) is 4. The summed E-state index contributed by atoms with van der Waals surface area (Å²) in [5.74, 6) is 0.507. The number of aliphatic hydroxyl groups excluding tert-OH is 1. The van der Waals surface area contributed by atoms with E-state index in [0.29, 0.717) is 17.9 Å². The van der Waals surface area contributed by atoms with Crippen molar-refractivity contribution in [2.45, 2.75) is 38.4 Å². The lowest BCUT2D eigenvalue weighted by atomic mass is 10.1. The second-order valence-corrected chi connectivity index (χ2v) is 5.40. The van der Waals surface area contributed by atoms with Crippen LogP contribution in [-0.2, 0) is 4.79 Å². The van der Waals surface area contributed by atoms with Crippen LogP contribution in [0, 0.1) is 17.2 Å². The van der Waals surface area contributed by atoms with Crippen LogP contribution in [0.5, 0.6) is 5.75 Å². The number of ether oxygens (including phenoxy) is 1. The van der Waals surface area contributed by atoms with Gasteiger partial charge in [-0.15, -0.1) is 0 Å². The molecule has 112 valence electrons. The van der Waals surface area contributed by atoms with Crippen molar-refractivity contribution >= 4 is 5.91 Å². The van der Waals surface area contributed by atoms with E-state index >= 15 is 0 Å². The molecular formula is C16H20N2O3. The molecular weight excluding hydrogens is 268 g/mol. The van der Waals surface area contributed by atoms with E-state index in [0.717, 1.165) is 19.3 Å². The minimum absolute atomic E-state index is 0.149. The first-order chi connectivity index (χ1) is 10.1. The minimum atomic E-state index is -0.614. The number of aliphatic hydroxyl groups is 1. The Morgan fingerprint density at radius 2 is 2.19 bits per heavy atom. The Balaban J connectivity index is 1.80. The van der Waals surface area contributed by atoms with Crippen LogP contribution in [0.4, 0.5) is 0 Å². The van der Waals surface area contributed by atoms with Gasteiger partial charge in [0.05, 0.1) is 17.7 Å². The maximum atomic E-state index is 12.0. The van der Waals surface area contributed by atoms with E-state index in [9.17, 15) is 9.90 Å². The highest BCUT2D eigenvalue weighted by Crippen LogP contribution is 2.24. The number of nitriles is 1. The molecule has 1 aliphatic rings. The maximum absolute atomic E-state index is 12.0. The second kappa shape index (κ2) is 7.09. The molecule has 1 amide bonds. The molecule has 0 aromatic heterocycles. The molecule has 3 unspecified atom stereocenters. The summed E-state index contributed by atoms with van der Waals surface area (Å²) in [6.45, 7) is 2.17. The lowest BCUT2D eigenvalue weighted by molar-refractivity contribution is -0.127. The molecule has 0 saturated heterocycles. The molecule has 0 heterocycles. The average Bonchev–Trinajstić information content (AvgIpc) is 2.90. The summed E-state index contributed by atoms with van der Waals surface area (Å²) in [6, 6.07) is 8.66. The first-order valence-electron chi connectivity index (χ1n) is 7.22. The van der Waals surface area contributed by atoms with Gasteiger partial charge in [0.15, 0.2) is 6.10 Å². The number of nitrogens with one attached hydrogen (secondary N) is 1. The number of nitrogens with zero attached hydrogens (tertiary/aromatic N) is 1. The van der Waals surface area contributed by atoms with Gasteiger partial charge in [0.1, 0.15) is 5.75 Å². The molecule has 1 fully saturated rings. The van der Waals surface area contributed by atoms with Crippen LogP contribution in [0.25, 0.3) is 0 Å². The van der Waals surface area contributed by atoms with Crippen molar-refractivity contribution in [1.82, 2.24) is 5.32 Å². The van der Waals surface area contributed by atoms with E-state index in [4.69, 9.17) is 10.00 Å². The first kappa shape index (κ1) is 15.3. The van der Waals surface area contributed by atoms with Crippen LogP contribution in [0.3, 0.4) is 0 Å². The fourth-order valence-corrected chi connectivity index (χ4v) is 2.50. The molecule has 0 radical (unpaired) electrons. The Labute approximate surface area is 124 Å². The molecule has 0 bridgehead atoms. The summed E-state index contributed by atoms with van der Waals surface area (Å²) in [7, 11) is 0. The third-order valence-corrected chi connectivity index (χ3v) is 3.82. The van der Waals surface area contributed by atoms with Gasteiger partial charge in [0.2, 0.25) is 0 Å². The van der Waals surface area contributed by atoms with Crippen LogP contribution >= 0.6 is 0 Å². The van der Waals surface area contributed by atoms with E-state index in [1.807, 2.05) is 6.07 Å². The van der Waals surface area contributed by atoms with E-state index in [1.54, 1.807) is 31.2 Å². The standard InChI is InChI=1S/C16H20N2O3/c1-11(21-14-7-5-12(9-17)6-8-14)16(20)18-10-13-3-2-4-15(13)19/h5-8,11,13,15,19H,2-4,10H2,1H3,(H,18,20). The molecule has 5 heteroatoms. The van der Waals surface area contributed by atoms with Crippen LogP contribution in [-0.4, -0.2) is 29.8 Å². The fraction of sp³-hybridized carbons (Fsp3) is 0.500. The van der Waals surface area contributed by atoms with Gasteiger partial charge in [-0.3, -0.25) is 4.79 Å². The molecule has 5 nitrogen and oxygen atoms in total. The van der Waals surface area contributed by atoms with Gasteiger partial charge in [0.25, 0.3) is 5.91 Å². The summed E-state index contributed by atoms with van der Waals surface area (Å²) in [5, 5.41) is 21.3. The number of rotatable bonds is 5. The molecule has 1 aliphatic carbocycles. The van der Waals surface area contributed by atoms with Gasteiger partial charge in [-0.05, 0) is 44.0 Å². The largest absolute Gasteiger partial charge is 0.481 e. The van der Waals surface area contributed by atoms with Gasteiger partial charge >= 0.3 is 0 Å². The Morgan fingerprint density at radius 1 is 1.48 bits per heavy atom. The minimum Gasteiger partial charge on any atom is -0.481 e. The zero-order valence-corrected chi connectivity index (χ0v) is 12.1. The summed E-state index contributed by atoms with van der Waals surface area (Å²) in [5.41, 5.74) is 0.551. The molecule has 2 rings (SSSR count). The Hall–Kier alpha value is -2.06. The third-order valence-electron chi connectivity index (χ3n) is 3.82. The fourth-order valence-electron chi connectivity index (χ4n) is 2.50. The van der Waals surface area contributed by atoms with Crippen LogP contribution in [0.2, 0.25) is 0 Å². The van der Waals surface area contributed by atoms with Crippen molar-refractivity contribution in [3.63, 3.8) is 0 Å². The smallest absolute Gasteiger partial charge is 0.260 e. The predicted octanol–water partition coefficient (Wildman–Crippen LogP) is 1.60. The monoisotopic (exact) mass is 288 g/mol. The first-order valence-corrected chi connectivity index (χ1v) is 7.22. The van der Waals surface area contributed by atoms with Gasteiger partial charge in [-0.2, -0.15) is 5.26 Å². The zero-order valence-electron chi connectivity index (χ0n) is 12.1. The highest BCUT2D eigenvalue weighted by molar-refractivity contribution is 5.80. The number of carbonyl (C=O) groups excluding carboxylic acids is 1. The Morgan fingerprint density at radius 3 is 2.76 bits per heavy atom. The summed E-state index contributed by atoms with van der Waals surface area (Å²) in [6.07, 6.45) is 1.86. The van der Waals surface area contributed by atoms with E-state index in [-0.39, 0.29) is 17.9 Å². The number of amides is 1. The SMILES string of the molecule is CC(Oc1ccc(C#N)cc1)C(=O)NCC1CCCC1O. The molecule has 1 saturated carbocycles. The van der Waals surface area contributed by atoms with E-state index in [2.05, 4.69) is 5.32 Å². The lowest BCUT2D eigenvalue weighted by Crippen LogP contribution is -2.40. The Kier molecular flexibility index (Phi) is 5.18. The molecule has 0 spiro atoms. The van der Waals surface area contributed by atoms with E-state index in [1.165, 1.54) is 0 Å². The molecule has 1 aromatic carbocycles. The molecule has 2 N–H and O–H groups in total. The van der Waals surface area contributed by atoms with Crippen molar-refractivity contribution < 1.29 is 14.6 Å². The van der Waals surface area contributed by atoms with Gasteiger partial charge in [-0.1, -0.05) is 6.42 Å². The van der Waals surface area contributed by atoms with E-state index < -0.39 is 6.10 Å². The number of benzene rings is 1. The van der Waals surface area contributed by atoms with Crippen LogP contribution in [0.1, 0.15) is 31.7 Å². The predicted molar refractivity (Wildman–Crippen MR) is 77.6 cm³/mol. The number of hydrogen-bond donors (Lipinski definition) is 2. The summed E-state index contributed by atoms with van der Waals surface area (Å²) in [4.78, 5) is 12.0. The summed E-state index contributed by atoms with van der Waals surface area (Å²) >= 11 is 0. The highest BCUT2D eigenvalue weighted by Gasteiger charge is 2.26. The van der Waals surface area contributed by atoms with Crippen molar-refractivity contribution in [3.8, 4) is 11.8 Å². The van der Waals surface area contributed by atoms with Gasteiger partial charge in [-0.25, -0.2) is 0 Å². The average molecular weight is 288 g/mol. The van der Waals surface area contributed by atoms with Crippen molar-refractivity contribution in [2.24, 2.45) is 5.92 Å². The highest BCUT2D eigenvalue weighted by atomic mass is 16.5. The third kappa shape index (κ3) is 4.20. The second-order valence-electron chi connectivity index (χ2n) is 5.40. The van der Waals surface area contributed by atoms with Crippen molar-refractivity contribution in [3.05, 3.63) is 29.8 Å². The molecule has 0 aliphatic heterocycles. The quantitative estimate of drug-likeness (QED) is 0.862.